The number of unbranched alkanes of at least 4 members (excludes halogenated alkanes) is 1. The first-order chi connectivity index (χ1) is 9.44. The van der Waals surface area contributed by atoms with Gasteiger partial charge >= 0.3 is 11.9 Å². The second-order valence-electron chi connectivity index (χ2n) is 5.23. The predicted molar refractivity (Wildman–Crippen MR) is 76.8 cm³/mol. The number of rotatable bonds is 12. The summed E-state index contributed by atoms with van der Waals surface area (Å²) in [6.45, 7) is 6.19. The first-order valence-corrected chi connectivity index (χ1v) is 7.53. The van der Waals surface area contributed by atoms with Gasteiger partial charge in [-0.15, -0.1) is 0 Å². The van der Waals surface area contributed by atoms with Crippen molar-refractivity contribution in [2.24, 2.45) is 5.92 Å². The smallest absolute Gasteiger partial charge is 0.336 e. The van der Waals surface area contributed by atoms with Crippen LogP contribution in [0.4, 0.5) is 0 Å². The summed E-state index contributed by atoms with van der Waals surface area (Å²) in [6, 6.07) is 0. The zero-order valence-electron chi connectivity index (χ0n) is 12.9. The van der Waals surface area contributed by atoms with Crippen molar-refractivity contribution in [2.75, 3.05) is 6.61 Å². The molecule has 0 aliphatic heterocycles. The number of hydrogen-bond acceptors (Lipinski definition) is 3. The summed E-state index contributed by atoms with van der Waals surface area (Å²) in [6.07, 6.45) is 3.83. The zero-order chi connectivity index (χ0) is 15.6. The summed E-state index contributed by atoms with van der Waals surface area (Å²) in [7, 11) is 0. The molecular weight excluding hydrogens is 260 g/mol. The predicted octanol–water partition coefficient (Wildman–Crippen LogP) is 3.32. The van der Waals surface area contributed by atoms with E-state index in [1.54, 1.807) is 0 Å². The van der Waals surface area contributed by atoms with Crippen LogP contribution in [0.3, 0.4) is 0 Å². The monoisotopic (exact) mass is 288 g/mol. The maximum Gasteiger partial charge on any atom is 0.336 e. The molecule has 0 saturated heterocycles. The summed E-state index contributed by atoms with van der Waals surface area (Å²) < 4.78 is 5.72. The number of carbonyl (C=O) groups is 2. The van der Waals surface area contributed by atoms with Gasteiger partial charge in [-0.2, -0.15) is 0 Å². The molecular formula is C15H28O5. The van der Waals surface area contributed by atoms with E-state index in [2.05, 4.69) is 0 Å². The van der Waals surface area contributed by atoms with Gasteiger partial charge in [-0.25, -0.2) is 4.79 Å². The van der Waals surface area contributed by atoms with Gasteiger partial charge < -0.3 is 14.9 Å². The van der Waals surface area contributed by atoms with Gasteiger partial charge in [0.25, 0.3) is 0 Å². The average molecular weight is 288 g/mol. The molecule has 0 bridgehead atoms. The lowest BCUT2D eigenvalue weighted by molar-refractivity contribution is -0.179. The number of hydrogen-bond donors (Lipinski definition) is 2. The third kappa shape index (κ3) is 5.49. The fraction of sp³-hybridized carbons (Fsp3) is 0.867. The molecule has 5 heteroatoms. The number of carboxylic acids is 2. The molecule has 0 aromatic rings. The Hall–Kier alpha value is -1.10. The fourth-order valence-electron chi connectivity index (χ4n) is 2.57. The van der Waals surface area contributed by atoms with Crippen LogP contribution >= 0.6 is 0 Å². The first-order valence-electron chi connectivity index (χ1n) is 7.53. The Morgan fingerprint density at radius 1 is 1.10 bits per heavy atom. The van der Waals surface area contributed by atoms with Crippen LogP contribution in [0.2, 0.25) is 0 Å². The van der Waals surface area contributed by atoms with E-state index < -0.39 is 23.5 Å². The van der Waals surface area contributed by atoms with E-state index in [-0.39, 0.29) is 6.42 Å². The van der Waals surface area contributed by atoms with Crippen LogP contribution in [0, 0.1) is 5.92 Å². The van der Waals surface area contributed by atoms with Gasteiger partial charge in [-0.05, 0) is 19.3 Å². The molecule has 0 spiro atoms. The quantitative estimate of drug-likeness (QED) is 0.538. The average Bonchev–Trinajstić information content (AvgIpc) is 2.36. The van der Waals surface area contributed by atoms with Crippen molar-refractivity contribution >= 4 is 11.9 Å². The molecule has 0 saturated carbocycles. The lowest BCUT2D eigenvalue weighted by atomic mass is 9.78. The Morgan fingerprint density at radius 3 is 2.15 bits per heavy atom. The highest BCUT2D eigenvalue weighted by Crippen LogP contribution is 2.34. The molecule has 2 unspecified atom stereocenters. The maximum absolute atomic E-state index is 11.8. The second-order valence-corrected chi connectivity index (χ2v) is 5.23. The molecule has 0 aliphatic rings. The first kappa shape index (κ1) is 18.9. The molecule has 0 rings (SSSR count). The van der Waals surface area contributed by atoms with Gasteiger partial charge in [-0.3, -0.25) is 4.79 Å². The largest absolute Gasteiger partial charge is 0.481 e. The minimum absolute atomic E-state index is 0.160. The summed E-state index contributed by atoms with van der Waals surface area (Å²) in [5.74, 6) is -2.49. The van der Waals surface area contributed by atoms with E-state index in [1.165, 1.54) is 0 Å². The van der Waals surface area contributed by atoms with Crippen LogP contribution in [0.5, 0.6) is 0 Å². The standard InChI is InChI=1S/C15H28O5/c1-4-7-10-20-15(9-6-3,14(18)19)12(8-5-2)11-13(16)17/h12H,4-11H2,1-3H3,(H,16,17)(H,18,19). The summed E-state index contributed by atoms with van der Waals surface area (Å²) in [4.78, 5) is 22.8. The van der Waals surface area contributed by atoms with Crippen LogP contribution in [0.25, 0.3) is 0 Å². The van der Waals surface area contributed by atoms with Gasteiger partial charge in [0.05, 0.1) is 6.42 Å². The molecule has 0 fully saturated rings. The molecule has 0 radical (unpaired) electrons. The molecule has 0 amide bonds. The van der Waals surface area contributed by atoms with Gasteiger partial charge in [0, 0.05) is 12.5 Å². The van der Waals surface area contributed by atoms with Gasteiger partial charge in [0.15, 0.2) is 5.60 Å². The lowest BCUT2D eigenvalue weighted by Crippen LogP contribution is -2.49. The summed E-state index contributed by atoms with van der Waals surface area (Å²) >= 11 is 0. The number of carboxylic acid groups (broad SMARTS) is 2. The molecule has 0 aromatic heterocycles. The summed E-state index contributed by atoms with van der Waals surface area (Å²) in [5.41, 5.74) is -1.36. The van der Waals surface area contributed by atoms with Gasteiger partial charge in [0.2, 0.25) is 0 Å². The minimum Gasteiger partial charge on any atom is -0.481 e. The Labute approximate surface area is 121 Å². The Bertz CT molecular complexity index is 303. The van der Waals surface area contributed by atoms with E-state index >= 15 is 0 Å². The molecule has 2 atom stereocenters. The molecule has 20 heavy (non-hydrogen) atoms. The van der Waals surface area contributed by atoms with Crippen molar-refractivity contribution in [1.82, 2.24) is 0 Å². The van der Waals surface area contributed by atoms with E-state index in [0.29, 0.717) is 25.9 Å². The van der Waals surface area contributed by atoms with Crippen LogP contribution in [-0.4, -0.2) is 34.4 Å². The SMILES string of the molecule is CCCCOC(CCC)(C(=O)O)C(CCC)CC(=O)O. The Balaban J connectivity index is 5.25. The Morgan fingerprint density at radius 2 is 1.75 bits per heavy atom. The molecule has 0 heterocycles. The van der Waals surface area contributed by atoms with E-state index in [4.69, 9.17) is 9.84 Å². The van der Waals surface area contributed by atoms with Crippen molar-refractivity contribution in [2.45, 2.75) is 71.3 Å². The van der Waals surface area contributed by atoms with E-state index in [9.17, 15) is 14.7 Å². The highest BCUT2D eigenvalue weighted by Gasteiger charge is 2.46. The van der Waals surface area contributed by atoms with Crippen LogP contribution in [-0.2, 0) is 14.3 Å². The molecule has 0 aliphatic carbocycles. The van der Waals surface area contributed by atoms with Crippen molar-refractivity contribution in [1.29, 1.82) is 0 Å². The zero-order valence-corrected chi connectivity index (χ0v) is 12.9. The minimum atomic E-state index is -1.36. The highest BCUT2D eigenvalue weighted by molar-refractivity contribution is 5.79. The third-order valence-electron chi connectivity index (χ3n) is 3.56. The van der Waals surface area contributed by atoms with Crippen LogP contribution in [0.1, 0.15) is 65.7 Å². The number of aliphatic carboxylic acids is 2. The van der Waals surface area contributed by atoms with Crippen molar-refractivity contribution in [3.63, 3.8) is 0 Å². The highest BCUT2D eigenvalue weighted by atomic mass is 16.5. The third-order valence-corrected chi connectivity index (χ3v) is 3.56. The second kappa shape index (κ2) is 9.75. The normalized spacial score (nSPS) is 15.6. The topological polar surface area (TPSA) is 83.8 Å². The van der Waals surface area contributed by atoms with E-state index in [1.807, 2.05) is 20.8 Å². The van der Waals surface area contributed by atoms with Gasteiger partial charge in [-0.1, -0.05) is 40.0 Å². The fourth-order valence-corrected chi connectivity index (χ4v) is 2.57. The van der Waals surface area contributed by atoms with Crippen LogP contribution in [0.15, 0.2) is 0 Å². The van der Waals surface area contributed by atoms with Crippen molar-refractivity contribution in [3.8, 4) is 0 Å². The molecule has 5 nitrogen and oxygen atoms in total. The van der Waals surface area contributed by atoms with Crippen LogP contribution < -0.4 is 0 Å². The van der Waals surface area contributed by atoms with Crippen molar-refractivity contribution < 1.29 is 24.5 Å². The maximum atomic E-state index is 11.8. The molecule has 118 valence electrons. The molecule has 0 aromatic carbocycles. The Kier molecular flexibility index (Phi) is 9.21. The molecule has 2 N–H and O–H groups in total. The van der Waals surface area contributed by atoms with Gasteiger partial charge in [0.1, 0.15) is 0 Å². The lowest BCUT2D eigenvalue weighted by Gasteiger charge is -2.36. The summed E-state index contributed by atoms with van der Waals surface area (Å²) in [5, 5.41) is 18.7. The van der Waals surface area contributed by atoms with Crippen molar-refractivity contribution in [3.05, 3.63) is 0 Å². The van der Waals surface area contributed by atoms with E-state index in [0.717, 1.165) is 19.3 Å². The number of ether oxygens (including phenoxy) is 1.